The van der Waals surface area contributed by atoms with E-state index in [0.717, 1.165) is 30.7 Å². The van der Waals surface area contributed by atoms with Gasteiger partial charge in [0.15, 0.2) is 0 Å². The molecule has 0 spiro atoms. The topological polar surface area (TPSA) is 135 Å². The predicted molar refractivity (Wildman–Crippen MR) is 186 cm³/mol. The number of hydrogen-bond acceptors (Lipinski definition) is 10. The maximum atomic E-state index is 15.0. The van der Waals surface area contributed by atoms with E-state index in [4.69, 9.17) is 20.4 Å². The second-order valence-corrected chi connectivity index (χ2v) is 14.2. The first kappa shape index (κ1) is 32.7. The molecule has 3 aliphatic heterocycles. The Balaban J connectivity index is 1.38. The summed E-state index contributed by atoms with van der Waals surface area (Å²) in [7, 11) is 1.92. The Kier molecular flexibility index (Phi) is 8.37. The summed E-state index contributed by atoms with van der Waals surface area (Å²) in [4.78, 5) is 28.5. The van der Waals surface area contributed by atoms with Gasteiger partial charge in [-0.05, 0) is 62.1 Å². The van der Waals surface area contributed by atoms with Gasteiger partial charge in [-0.3, -0.25) is 9.69 Å². The third-order valence-electron chi connectivity index (χ3n) is 10.6. The molecule has 3 aliphatic rings. The average molecular weight is 683 g/mol. The minimum atomic E-state index is -0.915. The van der Waals surface area contributed by atoms with E-state index < -0.39 is 17.5 Å². The van der Waals surface area contributed by atoms with Gasteiger partial charge in [0.2, 0.25) is 5.91 Å². The minimum absolute atomic E-state index is 0.0974. The number of benzene rings is 2. The normalized spacial score (nSPS) is 23.5. The van der Waals surface area contributed by atoms with Crippen LogP contribution in [-0.4, -0.2) is 82.8 Å². The molecule has 13 heteroatoms. The number of aromatic nitrogens is 2. The van der Waals surface area contributed by atoms with Crippen molar-refractivity contribution in [2.45, 2.75) is 62.8 Å². The van der Waals surface area contributed by atoms with Gasteiger partial charge in [0, 0.05) is 42.9 Å². The van der Waals surface area contributed by atoms with Gasteiger partial charge < -0.3 is 20.3 Å². The third-order valence-corrected chi connectivity index (χ3v) is 11.6. The molecule has 49 heavy (non-hydrogen) atoms. The zero-order valence-electron chi connectivity index (χ0n) is 27.4. The molecule has 0 radical (unpaired) electrons. The molecule has 3 saturated heterocycles. The summed E-state index contributed by atoms with van der Waals surface area (Å²) < 4.78 is 36.1. The van der Waals surface area contributed by atoms with Gasteiger partial charge in [-0.2, -0.15) is 20.5 Å². The van der Waals surface area contributed by atoms with Crippen molar-refractivity contribution in [2.24, 2.45) is 0 Å². The molecular weight excluding hydrogens is 647 g/mol. The van der Waals surface area contributed by atoms with E-state index in [2.05, 4.69) is 23.6 Å². The number of likely N-dealkylation sites (tertiary alicyclic amines) is 1. The molecule has 252 valence electrons. The molecule has 1 amide bonds. The molecule has 0 bridgehead atoms. The summed E-state index contributed by atoms with van der Waals surface area (Å²) in [5.74, 6) is -0.112. The van der Waals surface area contributed by atoms with E-state index >= 15 is 0 Å². The molecule has 5 heterocycles. The van der Waals surface area contributed by atoms with Crippen LogP contribution in [-0.2, 0) is 4.79 Å². The molecule has 0 saturated carbocycles. The molecule has 4 unspecified atom stereocenters. The molecule has 0 aliphatic carbocycles. The smallest absolute Gasteiger partial charge is 0.319 e. The molecule has 4 aromatic rings. The number of nitrogen functional groups attached to an aromatic ring is 1. The van der Waals surface area contributed by atoms with Crippen molar-refractivity contribution in [3.05, 3.63) is 53.9 Å². The van der Waals surface area contributed by atoms with Gasteiger partial charge in [-0.1, -0.05) is 19.6 Å². The van der Waals surface area contributed by atoms with Crippen LogP contribution in [0.2, 0.25) is 0 Å². The van der Waals surface area contributed by atoms with Crippen molar-refractivity contribution in [1.29, 1.82) is 10.5 Å². The number of hydrogen-bond donors (Lipinski definition) is 1. The van der Waals surface area contributed by atoms with Gasteiger partial charge in [0.25, 0.3) is 0 Å². The van der Waals surface area contributed by atoms with Gasteiger partial charge >= 0.3 is 6.01 Å². The van der Waals surface area contributed by atoms with Crippen molar-refractivity contribution < 1.29 is 18.3 Å². The van der Waals surface area contributed by atoms with E-state index in [1.54, 1.807) is 18.2 Å². The first-order valence-electron chi connectivity index (χ1n) is 16.5. The van der Waals surface area contributed by atoms with E-state index in [1.807, 2.05) is 23.8 Å². The number of alkyl halides is 1. The molecule has 2 aromatic carbocycles. The summed E-state index contributed by atoms with van der Waals surface area (Å²) in [6, 6.07) is 10.6. The monoisotopic (exact) mass is 682 g/mol. The first-order valence-corrected chi connectivity index (χ1v) is 17.3. The fourth-order valence-electron chi connectivity index (χ4n) is 8.29. The Morgan fingerprint density at radius 3 is 2.82 bits per heavy atom. The van der Waals surface area contributed by atoms with Crippen molar-refractivity contribution in [1.82, 2.24) is 19.8 Å². The lowest BCUT2D eigenvalue weighted by Gasteiger charge is -2.34. The molecule has 2 aromatic heterocycles. The van der Waals surface area contributed by atoms with Crippen LogP contribution in [0.1, 0.15) is 50.2 Å². The van der Waals surface area contributed by atoms with Crippen molar-refractivity contribution >= 4 is 49.1 Å². The summed E-state index contributed by atoms with van der Waals surface area (Å²) in [5, 5.41) is 21.5. The summed E-state index contributed by atoms with van der Waals surface area (Å²) in [6.07, 6.45) is 4.00. The SMILES string of the molecule is C=CC(=O)N1CCC(N(C)c2nc(OCC34CCCN3CC(F)C4)nc3cc(-c4ccc(F)c5sc(N)c(C#N)c45)c(C#N)cc23)C1CC. The molecule has 3 fully saturated rings. The van der Waals surface area contributed by atoms with Crippen LogP contribution < -0.4 is 15.4 Å². The number of ether oxygens (including phenoxy) is 1. The zero-order chi connectivity index (χ0) is 34.6. The second kappa shape index (κ2) is 12.6. The van der Waals surface area contributed by atoms with Gasteiger partial charge in [0.1, 0.15) is 35.5 Å². The maximum Gasteiger partial charge on any atom is 0.319 e. The van der Waals surface area contributed by atoms with Gasteiger partial charge in [0.05, 0.1) is 45.0 Å². The molecule has 7 rings (SSSR count). The predicted octanol–water partition coefficient (Wildman–Crippen LogP) is 5.93. The highest BCUT2D eigenvalue weighted by atomic mass is 32.1. The summed E-state index contributed by atoms with van der Waals surface area (Å²) in [5.41, 5.74) is 7.55. The lowest BCUT2D eigenvalue weighted by molar-refractivity contribution is -0.126. The number of amides is 1. The molecular formula is C36H36F2N8O2S. The number of fused-ring (bicyclic) bond motifs is 3. The zero-order valence-corrected chi connectivity index (χ0v) is 28.2. The summed E-state index contributed by atoms with van der Waals surface area (Å²) >= 11 is 0.991. The lowest BCUT2D eigenvalue weighted by atomic mass is 9.94. The van der Waals surface area contributed by atoms with Crippen molar-refractivity contribution in [2.75, 3.05) is 43.9 Å². The van der Waals surface area contributed by atoms with Crippen molar-refractivity contribution in [3.8, 4) is 29.3 Å². The number of carbonyl (C=O) groups is 1. The van der Waals surface area contributed by atoms with E-state index in [0.29, 0.717) is 65.6 Å². The Labute approximate surface area is 287 Å². The van der Waals surface area contributed by atoms with Crippen LogP contribution in [0.5, 0.6) is 6.01 Å². The standard InChI is InChI=1S/C36H36F2N8O2S/c1-4-28-29(9-12-46(28)30(47)5-2)44(3)34-24-13-20(16-39)23(22-7-8-26(38)32-31(22)25(17-40)33(41)49-32)14-27(24)42-35(43-34)48-19-36-10-6-11-45(36)18-21(37)15-36/h5,7-8,13-14,21,28-29H,2,4,6,9-12,15,18-19,41H2,1,3H3. The average Bonchev–Trinajstić information content (AvgIpc) is 3.86. The molecule has 4 atom stereocenters. The molecule has 2 N–H and O–H groups in total. The summed E-state index contributed by atoms with van der Waals surface area (Å²) in [6.45, 7) is 7.72. The van der Waals surface area contributed by atoms with Crippen molar-refractivity contribution in [3.63, 3.8) is 0 Å². The number of anilines is 2. The number of nitrogens with zero attached hydrogens (tertiary/aromatic N) is 7. The Morgan fingerprint density at radius 2 is 2.08 bits per heavy atom. The minimum Gasteiger partial charge on any atom is -0.461 e. The molecule has 10 nitrogen and oxygen atoms in total. The largest absolute Gasteiger partial charge is 0.461 e. The number of nitriles is 2. The Hall–Kier alpha value is -4.85. The van der Waals surface area contributed by atoms with Crippen LogP contribution >= 0.6 is 11.3 Å². The quantitative estimate of drug-likeness (QED) is 0.224. The highest BCUT2D eigenvalue weighted by Gasteiger charge is 2.49. The Bertz CT molecular complexity index is 2090. The van der Waals surface area contributed by atoms with Gasteiger partial charge in [-0.25, -0.2) is 8.78 Å². The van der Waals surface area contributed by atoms with E-state index in [1.165, 1.54) is 12.1 Å². The number of halogens is 2. The number of carbonyl (C=O) groups excluding carboxylic acids is 1. The highest BCUT2D eigenvalue weighted by Crippen LogP contribution is 2.44. The van der Waals surface area contributed by atoms with Crippen LogP contribution in [0.3, 0.4) is 0 Å². The number of likely N-dealkylation sites (N-methyl/N-ethyl adjacent to an activating group) is 1. The van der Waals surface area contributed by atoms with Crippen LogP contribution in [0, 0.1) is 28.5 Å². The lowest BCUT2D eigenvalue weighted by Crippen LogP contribution is -2.45. The first-order chi connectivity index (χ1) is 23.6. The van der Waals surface area contributed by atoms with Crippen LogP contribution in [0.15, 0.2) is 36.9 Å². The van der Waals surface area contributed by atoms with E-state index in [-0.39, 0.29) is 51.4 Å². The van der Waals surface area contributed by atoms with Crippen LogP contribution in [0.4, 0.5) is 19.6 Å². The Morgan fingerprint density at radius 1 is 1.27 bits per heavy atom. The maximum absolute atomic E-state index is 15.0. The fraction of sp³-hybridized carbons (Fsp3) is 0.417. The second-order valence-electron chi connectivity index (χ2n) is 13.2. The third kappa shape index (κ3) is 5.32. The van der Waals surface area contributed by atoms with E-state index in [9.17, 15) is 24.1 Å². The number of nitrogens with two attached hydrogens (primary N) is 1. The number of rotatable bonds is 8. The highest BCUT2D eigenvalue weighted by molar-refractivity contribution is 7.23. The van der Waals surface area contributed by atoms with Crippen LogP contribution in [0.25, 0.3) is 32.1 Å². The number of thiophene rings is 1. The van der Waals surface area contributed by atoms with Gasteiger partial charge in [-0.15, -0.1) is 11.3 Å². The fourth-order valence-corrected chi connectivity index (χ4v) is 9.24.